The van der Waals surface area contributed by atoms with Gasteiger partial charge in [0.1, 0.15) is 5.41 Å². The van der Waals surface area contributed by atoms with Gasteiger partial charge in [-0.1, -0.05) is 19.8 Å². The summed E-state index contributed by atoms with van der Waals surface area (Å²) in [6.45, 7) is 4.01. The Morgan fingerprint density at radius 2 is 2.00 bits per heavy atom. The van der Waals surface area contributed by atoms with Gasteiger partial charge >= 0.3 is 5.97 Å². The summed E-state index contributed by atoms with van der Waals surface area (Å²) in [7, 11) is 0. The average molecular weight is 252 g/mol. The number of nitriles is 1. The zero-order valence-electron chi connectivity index (χ0n) is 11.0. The Morgan fingerprint density at radius 1 is 1.44 bits per heavy atom. The lowest BCUT2D eigenvalue weighted by molar-refractivity contribution is -0.145. The van der Waals surface area contributed by atoms with Crippen LogP contribution in [-0.4, -0.2) is 35.0 Å². The van der Waals surface area contributed by atoms with Crippen molar-refractivity contribution >= 4 is 11.9 Å². The molecule has 0 heterocycles. The van der Waals surface area contributed by atoms with Crippen LogP contribution in [0.5, 0.6) is 0 Å². The van der Waals surface area contributed by atoms with E-state index in [2.05, 4.69) is 6.07 Å². The average Bonchev–Trinajstić information content (AvgIpc) is 2.84. The van der Waals surface area contributed by atoms with E-state index in [9.17, 15) is 14.9 Å². The summed E-state index contributed by atoms with van der Waals surface area (Å²) in [5.41, 5.74) is -0.908. The minimum absolute atomic E-state index is 0.175. The lowest BCUT2D eigenvalue weighted by Crippen LogP contribution is -2.44. The molecular weight excluding hydrogens is 232 g/mol. The van der Waals surface area contributed by atoms with Gasteiger partial charge < -0.3 is 10.0 Å². The Labute approximate surface area is 107 Å². The third-order valence-electron chi connectivity index (χ3n) is 3.67. The van der Waals surface area contributed by atoms with Crippen molar-refractivity contribution in [3.05, 3.63) is 0 Å². The van der Waals surface area contributed by atoms with Gasteiger partial charge in [-0.3, -0.25) is 9.59 Å². The number of carboxylic acid groups (broad SMARTS) is 1. The van der Waals surface area contributed by atoms with Crippen LogP contribution in [-0.2, 0) is 9.59 Å². The molecule has 0 unspecified atom stereocenters. The number of nitrogens with zero attached hydrogens (tertiary/aromatic N) is 2. The van der Waals surface area contributed by atoms with Crippen molar-refractivity contribution < 1.29 is 14.7 Å². The van der Waals surface area contributed by atoms with Gasteiger partial charge in [0, 0.05) is 13.1 Å². The van der Waals surface area contributed by atoms with Crippen LogP contribution in [0.2, 0.25) is 0 Å². The molecule has 5 nitrogen and oxygen atoms in total. The van der Waals surface area contributed by atoms with E-state index in [-0.39, 0.29) is 12.5 Å². The fourth-order valence-electron chi connectivity index (χ4n) is 2.42. The molecule has 18 heavy (non-hydrogen) atoms. The molecule has 0 aromatic rings. The molecular formula is C13H20N2O3. The fraction of sp³-hybridized carbons (Fsp3) is 0.769. The summed E-state index contributed by atoms with van der Waals surface area (Å²) < 4.78 is 0. The molecule has 0 spiro atoms. The molecule has 1 aliphatic carbocycles. The van der Waals surface area contributed by atoms with Crippen LogP contribution in [0.1, 0.15) is 39.5 Å². The predicted molar refractivity (Wildman–Crippen MR) is 65.6 cm³/mol. The molecule has 0 aromatic heterocycles. The second kappa shape index (κ2) is 5.85. The highest BCUT2D eigenvalue weighted by atomic mass is 16.4. The molecule has 100 valence electrons. The Bertz CT molecular complexity index is 367. The topological polar surface area (TPSA) is 81.4 Å². The normalized spacial score (nSPS) is 18.9. The zero-order valence-corrected chi connectivity index (χ0v) is 11.0. The van der Waals surface area contributed by atoms with Gasteiger partial charge in [0.05, 0.1) is 12.0 Å². The van der Waals surface area contributed by atoms with Crippen LogP contribution in [0.4, 0.5) is 0 Å². The molecule has 1 fully saturated rings. The molecule has 1 amide bonds. The Hall–Kier alpha value is -1.57. The van der Waals surface area contributed by atoms with Crippen LogP contribution >= 0.6 is 0 Å². The van der Waals surface area contributed by atoms with Crippen molar-refractivity contribution in [1.82, 2.24) is 4.90 Å². The number of carbonyl (C=O) groups excluding carboxylic acids is 1. The number of aliphatic carboxylic acids is 1. The molecule has 1 rings (SSSR count). The summed E-state index contributed by atoms with van der Waals surface area (Å²) >= 11 is 0. The van der Waals surface area contributed by atoms with Crippen molar-refractivity contribution in [2.75, 3.05) is 13.1 Å². The molecule has 1 saturated carbocycles. The van der Waals surface area contributed by atoms with E-state index in [1.807, 2.05) is 6.92 Å². The van der Waals surface area contributed by atoms with Gasteiger partial charge in [-0.05, 0) is 19.8 Å². The third kappa shape index (κ3) is 2.81. The van der Waals surface area contributed by atoms with E-state index in [1.165, 1.54) is 4.90 Å². The van der Waals surface area contributed by atoms with E-state index >= 15 is 0 Å². The highest BCUT2D eigenvalue weighted by Crippen LogP contribution is 2.39. The van der Waals surface area contributed by atoms with Gasteiger partial charge in [0.2, 0.25) is 5.91 Å². The molecule has 5 heteroatoms. The lowest BCUT2D eigenvalue weighted by Gasteiger charge is -2.30. The molecule has 1 N–H and O–H groups in total. The zero-order chi connectivity index (χ0) is 13.8. The number of hydrogen-bond acceptors (Lipinski definition) is 3. The number of rotatable bonds is 5. The summed E-state index contributed by atoms with van der Waals surface area (Å²) in [6.07, 6.45) is 2.98. The Morgan fingerprint density at radius 3 is 2.39 bits per heavy atom. The van der Waals surface area contributed by atoms with Gasteiger partial charge in [-0.2, -0.15) is 5.26 Å². The maximum atomic E-state index is 12.4. The second-order valence-electron chi connectivity index (χ2n) is 4.98. The van der Waals surface area contributed by atoms with Gasteiger partial charge in [-0.25, -0.2) is 0 Å². The second-order valence-corrected chi connectivity index (χ2v) is 4.98. The summed E-state index contributed by atoms with van der Waals surface area (Å²) in [5.74, 6) is -1.72. The fourth-order valence-corrected chi connectivity index (χ4v) is 2.42. The first-order valence-corrected chi connectivity index (χ1v) is 6.40. The molecule has 1 atom stereocenters. The Balaban J connectivity index is 2.79. The molecule has 0 aromatic carbocycles. The van der Waals surface area contributed by atoms with Crippen molar-refractivity contribution in [1.29, 1.82) is 5.26 Å². The summed E-state index contributed by atoms with van der Waals surface area (Å²) in [6, 6.07) is 2.16. The van der Waals surface area contributed by atoms with Crippen LogP contribution in [0.25, 0.3) is 0 Å². The van der Waals surface area contributed by atoms with E-state index in [4.69, 9.17) is 5.11 Å². The highest BCUT2D eigenvalue weighted by Gasteiger charge is 2.44. The number of hydrogen-bond donors (Lipinski definition) is 1. The standard InChI is InChI=1S/C13H20N2O3/c1-3-15(8-10(2)11(16)17)12(18)13(9-14)6-4-5-7-13/h10H,3-8H2,1-2H3,(H,16,17)/t10-/m0/s1. The molecule has 0 bridgehead atoms. The minimum Gasteiger partial charge on any atom is -0.481 e. The van der Waals surface area contributed by atoms with E-state index < -0.39 is 17.3 Å². The van der Waals surface area contributed by atoms with E-state index in [0.29, 0.717) is 19.4 Å². The first-order valence-electron chi connectivity index (χ1n) is 6.40. The number of carboxylic acids is 1. The smallest absolute Gasteiger partial charge is 0.308 e. The first kappa shape index (κ1) is 14.5. The minimum atomic E-state index is -0.918. The maximum Gasteiger partial charge on any atom is 0.308 e. The van der Waals surface area contributed by atoms with Crippen LogP contribution < -0.4 is 0 Å². The van der Waals surface area contributed by atoms with Gasteiger partial charge in [-0.15, -0.1) is 0 Å². The largest absolute Gasteiger partial charge is 0.481 e. The molecule has 1 aliphatic rings. The Kier molecular flexibility index (Phi) is 4.71. The van der Waals surface area contributed by atoms with Gasteiger partial charge in [0.25, 0.3) is 0 Å². The first-order chi connectivity index (χ1) is 8.46. The van der Waals surface area contributed by atoms with Gasteiger partial charge in [0.15, 0.2) is 0 Å². The van der Waals surface area contributed by atoms with E-state index in [0.717, 1.165) is 12.8 Å². The quantitative estimate of drug-likeness (QED) is 0.806. The van der Waals surface area contributed by atoms with Crippen molar-refractivity contribution in [3.8, 4) is 6.07 Å². The summed E-state index contributed by atoms with van der Waals surface area (Å²) in [5, 5.41) is 18.2. The van der Waals surface area contributed by atoms with Crippen LogP contribution in [0.3, 0.4) is 0 Å². The predicted octanol–water partition coefficient (Wildman–Crippen LogP) is 1.64. The third-order valence-corrected chi connectivity index (χ3v) is 3.67. The van der Waals surface area contributed by atoms with Crippen molar-refractivity contribution in [2.45, 2.75) is 39.5 Å². The highest BCUT2D eigenvalue weighted by molar-refractivity contribution is 5.86. The number of amides is 1. The monoisotopic (exact) mass is 252 g/mol. The lowest BCUT2D eigenvalue weighted by atomic mass is 9.86. The van der Waals surface area contributed by atoms with Crippen molar-refractivity contribution in [2.24, 2.45) is 11.3 Å². The van der Waals surface area contributed by atoms with Crippen LogP contribution in [0.15, 0.2) is 0 Å². The van der Waals surface area contributed by atoms with Crippen molar-refractivity contribution in [3.63, 3.8) is 0 Å². The molecule has 0 radical (unpaired) electrons. The molecule has 0 aliphatic heterocycles. The molecule has 0 saturated heterocycles. The van der Waals surface area contributed by atoms with E-state index in [1.54, 1.807) is 6.92 Å². The summed E-state index contributed by atoms with van der Waals surface area (Å²) in [4.78, 5) is 24.7. The SMILES string of the molecule is CCN(C[C@H](C)C(=O)O)C(=O)C1(C#N)CCCC1. The van der Waals surface area contributed by atoms with Crippen LogP contribution in [0, 0.1) is 22.7 Å². The maximum absolute atomic E-state index is 12.4. The number of carbonyl (C=O) groups is 2.